The van der Waals surface area contributed by atoms with Gasteiger partial charge >= 0.3 is 11.9 Å². The van der Waals surface area contributed by atoms with Crippen molar-refractivity contribution in [1.82, 2.24) is 9.80 Å². The molecular formula is C26H30ClN3O4. The Morgan fingerprint density at radius 1 is 1.00 bits per heavy atom. The maximum absolute atomic E-state index is 9.55. The highest BCUT2D eigenvalue weighted by Crippen LogP contribution is 2.30. The Balaban J connectivity index is 0.000000350. The van der Waals surface area contributed by atoms with Gasteiger partial charge in [-0.15, -0.1) is 0 Å². The van der Waals surface area contributed by atoms with Crippen molar-refractivity contribution in [2.75, 3.05) is 39.8 Å². The van der Waals surface area contributed by atoms with Crippen LogP contribution in [0.15, 0.2) is 65.7 Å². The average molecular weight is 484 g/mol. The maximum Gasteiger partial charge on any atom is 0.328 e. The molecule has 0 amide bonds. The van der Waals surface area contributed by atoms with Gasteiger partial charge in [0.05, 0.1) is 11.8 Å². The predicted octanol–water partition coefficient (Wildman–Crippen LogP) is 3.45. The first-order valence-corrected chi connectivity index (χ1v) is 11.7. The van der Waals surface area contributed by atoms with Gasteiger partial charge in [0.15, 0.2) is 0 Å². The van der Waals surface area contributed by atoms with Gasteiger partial charge in [0.25, 0.3) is 0 Å². The van der Waals surface area contributed by atoms with E-state index >= 15 is 0 Å². The van der Waals surface area contributed by atoms with Crippen molar-refractivity contribution in [3.63, 3.8) is 0 Å². The van der Waals surface area contributed by atoms with Crippen molar-refractivity contribution in [3.8, 4) is 0 Å². The average Bonchev–Trinajstić information content (AvgIpc) is 2.83. The van der Waals surface area contributed by atoms with Crippen LogP contribution in [0.5, 0.6) is 0 Å². The summed E-state index contributed by atoms with van der Waals surface area (Å²) in [5.41, 5.74) is 4.73. The summed E-state index contributed by atoms with van der Waals surface area (Å²) >= 11 is 6.55. The molecule has 2 aliphatic rings. The van der Waals surface area contributed by atoms with Gasteiger partial charge in [-0.25, -0.2) is 9.59 Å². The molecule has 1 unspecified atom stereocenters. The van der Waals surface area contributed by atoms with Crippen LogP contribution in [-0.4, -0.2) is 83.5 Å². The van der Waals surface area contributed by atoms with E-state index in [1.807, 2.05) is 12.1 Å². The normalized spacial score (nSPS) is 18.5. The summed E-state index contributed by atoms with van der Waals surface area (Å²) in [6, 6.07) is 17.0. The van der Waals surface area contributed by atoms with Crippen LogP contribution in [0, 0.1) is 0 Å². The molecule has 2 heterocycles. The third-order valence-corrected chi connectivity index (χ3v) is 6.27. The molecule has 180 valence electrons. The molecule has 2 aromatic carbocycles. The van der Waals surface area contributed by atoms with Crippen molar-refractivity contribution in [1.29, 1.82) is 0 Å². The third-order valence-electron chi connectivity index (χ3n) is 5.92. The number of nitrogens with zero attached hydrogens (tertiary/aromatic N) is 3. The summed E-state index contributed by atoms with van der Waals surface area (Å²) in [5, 5.41) is 16.5. The summed E-state index contributed by atoms with van der Waals surface area (Å²) in [7, 11) is 2.20. The molecule has 0 radical (unpaired) electrons. The number of carboxylic acids is 2. The van der Waals surface area contributed by atoms with Crippen LogP contribution >= 0.6 is 11.6 Å². The highest BCUT2D eigenvalue weighted by molar-refractivity contribution is 6.32. The number of carbonyl (C=O) groups is 2. The first-order valence-electron chi connectivity index (χ1n) is 11.3. The Kier molecular flexibility index (Phi) is 9.39. The number of piperazine rings is 1. The van der Waals surface area contributed by atoms with Gasteiger partial charge in [-0.3, -0.25) is 4.99 Å². The fraction of sp³-hybridized carbons (Fsp3) is 0.346. The molecule has 1 saturated heterocycles. The number of aliphatic imine (C=N–C) groups is 1. The van der Waals surface area contributed by atoms with Gasteiger partial charge in [0, 0.05) is 61.0 Å². The minimum Gasteiger partial charge on any atom is -0.478 e. The number of hydrogen-bond acceptors (Lipinski definition) is 5. The van der Waals surface area contributed by atoms with E-state index in [9.17, 15) is 9.59 Å². The number of fused-ring (bicyclic) bond motifs is 1. The maximum atomic E-state index is 9.55. The van der Waals surface area contributed by atoms with E-state index in [1.54, 1.807) is 0 Å². The lowest BCUT2D eigenvalue weighted by atomic mass is 9.89. The summed E-state index contributed by atoms with van der Waals surface area (Å²) < 4.78 is 0. The summed E-state index contributed by atoms with van der Waals surface area (Å²) in [6.45, 7) is 5.77. The fourth-order valence-corrected chi connectivity index (χ4v) is 4.31. The highest BCUT2D eigenvalue weighted by atomic mass is 35.5. The highest BCUT2D eigenvalue weighted by Gasteiger charge is 2.24. The van der Waals surface area contributed by atoms with Crippen molar-refractivity contribution >= 4 is 29.3 Å². The molecule has 0 saturated carbocycles. The zero-order valence-electron chi connectivity index (χ0n) is 19.2. The molecule has 2 aliphatic heterocycles. The van der Waals surface area contributed by atoms with E-state index < -0.39 is 11.9 Å². The first kappa shape index (κ1) is 25.6. The van der Waals surface area contributed by atoms with Gasteiger partial charge in [0.1, 0.15) is 0 Å². The second-order valence-corrected chi connectivity index (χ2v) is 8.82. The zero-order valence-corrected chi connectivity index (χ0v) is 20.0. The van der Waals surface area contributed by atoms with E-state index in [1.165, 1.54) is 16.7 Å². The summed E-state index contributed by atoms with van der Waals surface area (Å²) in [4.78, 5) is 29.2. The summed E-state index contributed by atoms with van der Waals surface area (Å²) in [5.74, 6) is -2.51. The second kappa shape index (κ2) is 12.5. The molecule has 2 aromatic rings. The summed E-state index contributed by atoms with van der Waals surface area (Å²) in [6.07, 6.45) is 3.15. The monoisotopic (exact) mass is 483 g/mol. The van der Waals surface area contributed by atoms with Crippen LogP contribution in [0.1, 0.15) is 23.1 Å². The zero-order chi connectivity index (χ0) is 24.5. The van der Waals surface area contributed by atoms with Gasteiger partial charge in [-0.05, 0) is 31.5 Å². The number of benzene rings is 2. The molecular weight excluding hydrogens is 454 g/mol. The largest absolute Gasteiger partial charge is 0.478 e. The second-order valence-electron chi connectivity index (χ2n) is 8.41. The SMILES string of the molecule is CN1CCN(CCC2Cc3c(Cl)cccc3C(c3ccccc3)=N2)CC1.O=C(O)C=CC(=O)O. The quantitative estimate of drug-likeness (QED) is 0.611. The third kappa shape index (κ3) is 7.52. The number of aliphatic carboxylic acids is 2. The number of likely N-dealkylation sites (N-methyl/N-ethyl adjacent to an activating group) is 1. The van der Waals surface area contributed by atoms with Gasteiger partial charge < -0.3 is 20.0 Å². The molecule has 0 spiro atoms. The number of rotatable bonds is 6. The van der Waals surface area contributed by atoms with Crippen LogP contribution < -0.4 is 0 Å². The lowest BCUT2D eigenvalue weighted by Gasteiger charge is -2.33. The molecule has 8 heteroatoms. The Morgan fingerprint density at radius 3 is 2.26 bits per heavy atom. The topological polar surface area (TPSA) is 93.4 Å². The van der Waals surface area contributed by atoms with Crippen LogP contribution in [0.3, 0.4) is 0 Å². The van der Waals surface area contributed by atoms with Crippen molar-refractivity contribution in [3.05, 3.63) is 82.4 Å². The number of halogens is 1. The van der Waals surface area contributed by atoms with E-state index in [0.29, 0.717) is 18.2 Å². The van der Waals surface area contributed by atoms with Gasteiger partial charge in [0.2, 0.25) is 0 Å². The van der Waals surface area contributed by atoms with Crippen molar-refractivity contribution in [2.45, 2.75) is 18.9 Å². The van der Waals surface area contributed by atoms with Crippen LogP contribution in [0.4, 0.5) is 0 Å². The fourth-order valence-electron chi connectivity index (χ4n) is 4.06. The predicted molar refractivity (Wildman–Crippen MR) is 134 cm³/mol. The van der Waals surface area contributed by atoms with E-state index in [-0.39, 0.29) is 0 Å². The Hall–Kier alpha value is -3.00. The standard InChI is InChI=1S/C22H26ClN3.C4H4O4/c1-25-12-14-26(15-13-25)11-10-18-16-20-19(8-5-9-21(20)23)22(24-18)17-6-3-2-4-7-17;5-3(6)1-2-4(7)8/h2-9,18H,10-16H2,1H3;1-2H,(H,5,6)(H,7,8). The van der Waals surface area contributed by atoms with E-state index in [4.69, 9.17) is 26.8 Å². The molecule has 2 N–H and O–H groups in total. The van der Waals surface area contributed by atoms with Crippen molar-refractivity contribution in [2.24, 2.45) is 4.99 Å². The molecule has 7 nitrogen and oxygen atoms in total. The first-order chi connectivity index (χ1) is 16.3. The van der Waals surface area contributed by atoms with E-state index in [0.717, 1.165) is 56.3 Å². The van der Waals surface area contributed by atoms with Gasteiger partial charge in [-0.1, -0.05) is 54.1 Å². The molecule has 1 fully saturated rings. The van der Waals surface area contributed by atoms with Crippen LogP contribution in [0.25, 0.3) is 0 Å². The molecule has 0 aliphatic carbocycles. The Morgan fingerprint density at radius 2 is 1.65 bits per heavy atom. The lowest BCUT2D eigenvalue weighted by Crippen LogP contribution is -2.45. The Bertz CT molecular complexity index is 1030. The molecule has 0 aromatic heterocycles. The Labute approximate surface area is 205 Å². The minimum atomic E-state index is -1.26. The van der Waals surface area contributed by atoms with Gasteiger partial charge in [-0.2, -0.15) is 0 Å². The number of carboxylic acid groups (broad SMARTS) is 2. The smallest absolute Gasteiger partial charge is 0.328 e. The molecule has 34 heavy (non-hydrogen) atoms. The van der Waals surface area contributed by atoms with Crippen molar-refractivity contribution < 1.29 is 19.8 Å². The minimum absolute atomic E-state index is 0.303. The van der Waals surface area contributed by atoms with Crippen LogP contribution in [-0.2, 0) is 16.0 Å². The van der Waals surface area contributed by atoms with Crippen LogP contribution in [0.2, 0.25) is 5.02 Å². The molecule has 0 bridgehead atoms. The van der Waals surface area contributed by atoms with E-state index in [2.05, 4.69) is 53.2 Å². The molecule has 1 atom stereocenters. The molecule has 4 rings (SSSR count). The number of hydrogen-bond donors (Lipinski definition) is 2. The lowest BCUT2D eigenvalue weighted by molar-refractivity contribution is -0.134.